The molecule has 0 aliphatic heterocycles. The average Bonchev–Trinajstić information content (AvgIpc) is 2.67. The predicted molar refractivity (Wildman–Crippen MR) is 75.2 cm³/mol. The third-order valence-corrected chi connectivity index (χ3v) is 5.31. The SMILES string of the molecule is OC(c1ccc(Br)c(Cl)c1)c1sccc1Br. The highest BCUT2D eigenvalue weighted by Crippen LogP contribution is 2.35. The van der Waals surface area contributed by atoms with E-state index in [4.69, 9.17) is 11.6 Å². The molecule has 0 saturated heterocycles. The molecule has 1 aromatic heterocycles. The van der Waals surface area contributed by atoms with Gasteiger partial charge in [0, 0.05) is 8.95 Å². The Labute approximate surface area is 119 Å². The molecule has 0 bridgehead atoms. The van der Waals surface area contributed by atoms with Crippen LogP contribution in [0.1, 0.15) is 16.5 Å². The van der Waals surface area contributed by atoms with E-state index in [1.807, 2.05) is 23.6 Å². The molecule has 0 radical (unpaired) electrons. The van der Waals surface area contributed by atoms with Crippen molar-refractivity contribution in [1.82, 2.24) is 0 Å². The summed E-state index contributed by atoms with van der Waals surface area (Å²) in [6.07, 6.45) is -0.639. The van der Waals surface area contributed by atoms with Crippen LogP contribution < -0.4 is 0 Å². The van der Waals surface area contributed by atoms with Crippen LogP contribution in [0.5, 0.6) is 0 Å². The molecule has 0 aliphatic carbocycles. The lowest BCUT2D eigenvalue weighted by Gasteiger charge is -2.10. The summed E-state index contributed by atoms with van der Waals surface area (Å²) < 4.78 is 1.75. The molecule has 0 spiro atoms. The Balaban J connectivity index is 2.38. The molecule has 5 heteroatoms. The van der Waals surface area contributed by atoms with E-state index in [2.05, 4.69) is 31.9 Å². The van der Waals surface area contributed by atoms with Crippen molar-refractivity contribution < 1.29 is 5.11 Å². The molecule has 1 heterocycles. The summed E-state index contributed by atoms with van der Waals surface area (Å²) in [5.74, 6) is 0. The minimum Gasteiger partial charge on any atom is -0.383 e. The lowest BCUT2D eigenvalue weighted by Crippen LogP contribution is -1.97. The van der Waals surface area contributed by atoms with E-state index in [0.717, 1.165) is 19.4 Å². The first kappa shape index (κ1) is 12.6. The summed E-state index contributed by atoms with van der Waals surface area (Å²) in [6, 6.07) is 7.38. The van der Waals surface area contributed by atoms with Crippen molar-refractivity contribution >= 4 is 54.8 Å². The van der Waals surface area contributed by atoms with E-state index in [1.54, 1.807) is 6.07 Å². The van der Waals surface area contributed by atoms with Gasteiger partial charge in [-0.3, -0.25) is 0 Å². The summed E-state index contributed by atoms with van der Waals surface area (Å²) in [5.41, 5.74) is 0.788. The van der Waals surface area contributed by atoms with Gasteiger partial charge in [-0.25, -0.2) is 0 Å². The molecule has 16 heavy (non-hydrogen) atoms. The zero-order valence-electron chi connectivity index (χ0n) is 7.95. The number of halogens is 3. The topological polar surface area (TPSA) is 20.2 Å². The maximum absolute atomic E-state index is 10.2. The molecule has 1 atom stereocenters. The van der Waals surface area contributed by atoms with Gasteiger partial charge in [0.25, 0.3) is 0 Å². The second kappa shape index (κ2) is 5.19. The van der Waals surface area contributed by atoms with Crippen LogP contribution in [0.2, 0.25) is 5.02 Å². The largest absolute Gasteiger partial charge is 0.383 e. The van der Waals surface area contributed by atoms with E-state index in [1.165, 1.54) is 11.3 Å². The van der Waals surface area contributed by atoms with Gasteiger partial charge in [0.2, 0.25) is 0 Å². The van der Waals surface area contributed by atoms with Crippen LogP contribution in [0.4, 0.5) is 0 Å². The highest BCUT2D eigenvalue weighted by Gasteiger charge is 2.15. The first-order valence-electron chi connectivity index (χ1n) is 4.45. The van der Waals surface area contributed by atoms with Crippen molar-refractivity contribution in [2.75, 3.05) is 0 Å². The lowest BCUT2D eigenvalue weighted by atomic mass is 10.1. The molecular weight excluding hydrogens is 375 g/mol. The Morgan fingerprint density at radius 1 is 1.19 bits per heavy atom. The number of hydrogen-bond acceptors (Lipinski definition) is 2. The smallest absolute Gasteiger partial charge is 0.114 e. The number of benzene rings is 1. The first-order valence-corrected chi connectivity index (χ1v) is 7.30. The van der Waals surface area contributed by atoms with Crippen LogP contribution >= 0.6 is 54.8 Å². The van der Waals surface area contributed by atoms with Crippen LogP contribution in [-0.2, 0) is 0 Å². The minimum atomic E-state index is -0.639. The van der Waals surface area contributed by atoms with Gasteiger partial charge in [-0.2, -0.15) is 0 Å². The number of thiophene rings is 1. The molecule has 0 aliphatic rings. The molecule has 84 valence electrons. The maximum atomic E-state index is 10.2. The van der Waals surface area contributed by atoms with Gasteiger partial charge in [-0.15, -0.1) is 11.3 Å². The molecule has 2 aromatic rings. The Morgan fingerprint density at radius 2 is 1.94 bits per heavy atom. The fraction of sp³-hybridized carbons (Fsp3) is 0.0909. The van der Waals surface area contributed by atoms with E-state index in [9.17, 15) is 5.11 Å². The van der Waals surface area contributed by atoms with Crippen molar-refractivity contribution in [3.8, 4) is 0 Å². The van der Waals surface area contributed by atoms with E-state index in [-0.39, 0.29) is 0 Å². The van der Waals surface area contributed by atoms with Crippen molar-refractivity contribution in [2.45, 2.75) is 6.10 Å². The number of hydrogen-bond donors (Lipinski definition) is 1. The number of aliphatic hydroxyl groups is 1. The van der Waals surface area contributed by atoms with Crippen LogP contribution in [0.3, 0.4) is 0 Å². The molecule has 1 aromatic carbocycles. The summed E-state index contributed by atoms with van der Waals surface area (Å²) in [4.78, 5) is 0.887. The first-order chi connectivity index (χ1) is 7.59. The van der Waals surface area contributed by atoms with Crippen LogP contribution in [0.25, 0.3) is 0 Å². The van der Waals surface area contributed by atoms with Gasteiger partial charge in [-0.1, -0.05) is 17.7 Å². The Bertz CT molecular complexity index is 512. The van der Waals surface area contributed by atoms with Gasteiger partial charge < -0.3 is 5.11 Å². The quantitative estimate of drug-likeness (QED) is 0.774. The Hall–Kier alpha value is 0.130. The van der Waals surface area contributed by atoms with Gasteiger partial charge in [-0.05, 0) is 61.0 Å². The van der Waals surface area contributed by atoms with Gasteiger partial charge in [0.05, 0.1) is 9.90 Å². The van der Waals surface area contributed by atoms with Crippen LogP contribution in [-0.4, -0.2) is 5.11 Å². The molecule has 1 nitrogen and oxygen atoms in total. The van der Waals surface area contributed by atoms with Crippen molar-refractivity contribution in [3.63, 3.8) is 0 Å². The van der Waals surface area contributed by atoms with E-state index < -0.39 is 6.10 Å². The molecule has 1 N–H and O–H groups in total. The number of rotatable bonds is 2. The van der Waals surface area contributed by atoms with Gasteiger partial charge in [0.15, 0.2) is 0 Å². The molecule has 0 saturated carbocycles. The average molecular weight is 383 g/mol. The third-order valence-electron chi connectivity index (χ3n) is 2.15. The molecule has 0 amide bonds. The molecule has 0 fully saturated rings. The van der Waals surface area contributed by atoms with Gasteiger partial charge >= 0.3 is 0 Å². The second-order valence-electron chi connectivity index (χ2n) is 3.21. The van der Waals surface area contributed by atoms with Crippen molar-refractivity contribution in [1.29, 1.82) is 0 Å². The summed E-state index contributed by atoms with van der Waals surface area (Å²) >= 11 is 14.2. The zero-order chi connectivity index (χ0) is 11.7. The summed E-state index contributed by atoms with van der Waals surface area (Å²) in [6.45, 7) is 0. The highest BCUT2D eigenvalue weighted by atomic mass is 79.9. The third kappa shape index (κ3) is 2.51. The maximum Gasteiger partial charge on any atom is 0.114 e. The van der Waals surface area contributed by atoms with E-state index in [0.29, 0.717) is 5.02 Å². The molecular formula is C11H7Br2ClOS. The fourth-order valence-electron chi connectivity index (χ4n) is 1.33. The zero-order valence-corrected chi connectivity index (χ0v) is 12.7. The van der Waals surface area contributed by atoms with Crippen molar-refractivity contribution in [3.05, 3.63) is 54.1 Å². The Morgan fingerprint density at radius 3 is 2.50 bits per heavy atom. The minimum absolute atomic E-state index is 0.601. The normalized spacial score (nSPS) is 12.8. The van der Waals surface area contributed by atoms with Crippen molar-refractivity contribution in [2.24, 2.45) is 0 Å². The van der Waals surface area contributed by atoms with E-state index >= 15 is 0 Å². The predicted octanol–water partition coefficient (Wildman–Crippen LogP) is 5.01. The lowest BCUT2D eigenvalue weighted by molar-refractivity contribution is 0.223. The molecule has 1 unspecified atom stereocenters. The molecule has 2 rings (SSSR count). The fourth-order valence-corrected chi connectivity index (χ4v) is 3.37. The Kier molecular flexibility index (Phi) is 4.08. The standard InChI is InChI=1S/C11H7Br2ClOS/c12-7-2-1-6(5-9(7)14)10(15)11-8(13)3-4-16-11/h1-5,10,15H. The highest BCUT2D eigenvalue weighted by molar-refractivity contribution is 9.10. The van der Waals surface area contributed by atoms with Gasteiger partial charge in [0.1, 0.15) is 6.10 Å². The monoisotopic (exact) mass is 380 g/mol. The number of aliphatic hydroxyl groups excluding tert-OH is 1. The second-order valence-corrected chi connectivity index (χ2v) is 6.27. The summed E-state index contributed by atoms with van der Waals surface area (Å²) in [7, 11) is 0. The summed E-state index contributed by atoms with van der Waals surface area (Å²) in [5, 5.41) is 12.7. The van der Waals surface area contributed by atoms with Crippen LogP contribution in [0, 0.1) is 0 Å². The van der Waals surface area contributed by atoms with Crippen LogP contribution in [0.15, 0.2) is 38.6 Å².